The summed E-state index contributed by atoms with van der Waals surface area (Å²) in [6, 6.07) is 1.55. The molecule has 0 atom stereocenters. The summed E-state index contributed by atoms with van der Waals surface area (Å²) in [6.45, 7) is 1.52. The molecule has 0 saturated carbocycles. The minimum Gasteiger partial charge on any atom is -0.360 e. The van der Waals surface area contributed by atoms with Gasteiger partial charge in [0.25, 0.3) is 0 Å². The molecular weight excluding hydrogens is 357 g/mol. The number of amides is 3. The van der Waals surface area contributed by atoms with E-state index < -0.39 is 18.0 Å². The predicted octanol–water partition coefficient (Wildman–Crippen LogP) is 1.23. The fraction of sp³-hybridized carbons (Fsp3) is 0.600. The van der Waals surface area contributed by atoms with Crippen molar-refractivity contribution in [3.05, 3.63) is 11.8 Å². The van der Waals surface area contributed by atoms with Crippen LogP contribution in [0, 0.1) is 12.8 Å². The van der Waals surface area contributed by atoms with Crippen molar-refractivity contribution < 1.29 is 32.1 Å². The zero-order valence-corrected chi connectivity index (χ0v) is 14.1. The number of carbonyl (C=O) groups excluding carboxylic acids is 3. The Morgan fingerprint density at radius 2 is 1.96 bits per heavy atom. The first-order valence-corrected chi connectivity index (χ1v) is 8.04. The Labute approximate surface area is 147 Å². The number of aryl methyl sites for hydroxylation is 1. The maximum absolute atomic E-state index is 12.4. The Hall–Kier alpha value is -2.59. The minimum atomic E-state index is -4.90. The molecule has 0 radical (unpaired) electrons. The number of hydrogen-bond donors (Lipinski definition) is 2. The lowest BCUT2D eigenvalue weighted by Crippen LogP contribution is -2.47. The average molecular weight is 376 g/mol. The van der Waals surface area contributed by atoms with Crippen LogP contribution in [0.25, 0.3) is 0 Å². The molecule has 2 heterocycles. The van der Waals surface area contributed by atoms with E-state index in [1.54, 1.807) is 13.0 Å². The summed E-state index contributed by atoms with van der Waals surface area (Å²) < 4.78 is 41.9. The van der Waals surface area contributed by atoms with E-state index in [2.05, 4.69) is 15.8 Å². The van der Waals surface area contributed by atoms with Gasteiger partial charge in [-0.25, -0.2) is 0 Å². The summed E-state index contributed by atoms with van der Waals surface area (Å²) in [7, 11) is 0. The largest absolute Gasteiger partial charge is 0.471 e. The standard InChI is InChI=1S/C15H19F3N4O4/c1-9-8-11(21-26-9)20-12(23)2-5-19-13(24)10-3-6-22(7-4-10)14(25)15(16,17)18/h8,10H,2-7H2,1H3,(H,19,24)(H,20,21,23). The predicted molar refractivity (Wildman–Crippen MR) is 82.9 cm³/mol. The molecule has 1 aromatic heterocycles. The topological polar surface area (TPSA) is 105 Å². The molecule has 3 amide bonds. The zero-order valence-electron chi connectivity index (χ0n) is 14.1. The number of nitrogens with zero attached hydrogens (tertiary/aromatic N) is 2. The van der Waals surface area contributed by atoms with Gasteiger partial charge in [-0.3, -0.25) is 14.4 Å². The summed E-state index contributed by atoms with van der Waals surface area (Å²) in [6.07, 6.45) is -4.58. The van der Waals surface area contributed by atoms with Gasteiger partial charge in [-0.2, -0.15) is 13.2 Å². The molecule has 0 aromatic carbocycles. The van der Waals surface area contributed by atoms with Crippen LogP contribution in [-0.4, -0.2) is 53.6 Å². The fourth-order valence-electron chi connectivity index (χ4n) is 2.60. The number of halogens is 3. The van der Waals surface area contributed by atoms with Crippen LogP contribution in [0.1, 0.15) is 25.0 Å². The lowest BCUT2D eigenvalue weighted by Gasteiger charge is -2.31. The minimum absolute atomic E-state index is 0.0169. The van der Waals surface area contributed by atoms with Crippen LogP contribution >= 0.6 is 0 Å². The molecule has 1 fully saturated rings. The van der Waals surface area contributed by atoms with Gasteiger partial charge in [0, 0.05) is 38.0 Å². The van der Waals surface area contributed by atoms with Gasteiger partial charge in [0.05, 0.1) is 0 Å². The van der Waals surface area contributed by atoms with Gasteiger partial charge < -0.3 is 20.1 Å². The quantitative estimate of drug-likeness (QED) is 0.804. The molecule has 2 rings (SSSR count). The van der Waals surface area contributed by atoms with E-state index in [4.69, 9.17) is 4.52 Å². The van der Waals surface area contributed by atoms with E-state index in [0.29, 0.717) is 10.7 Å². The third-order valence-corrected chi connectivity index (χ3v) is 3.94. The zero-order chi connectivity index (χ0) is 19.3. The first kappa shape index (κ1) is 19.7. The van der Waals surface area contributed by atoms with Gasteiger partial charge in [0.15, 0.2) is 5.82 Å². The van der Waals surface area contributed by atoms with Crippen molar-refractivity contribution in [2.45, 2.75) is 32.4 Å². The molecule has 0 unspecified atom stereocenters. The number of alkyl halides is 3. The highest BCUT2D eigenvalue weighted by molar-refractivity contribution is 5.90. The lowest BCUT2D eigenvalue weighted by molar-refractivity contribution is -0.186. The van der Waals surface area contributed by atoms with E-state index in [-0.39, 0.29) is 56.5 Å². The first-order chi connectivity index (χ1) is 12.2. The number of anilines is 1. The Bertz CT molecular complexity index is 666. The molecule has 2 N–H and O–H groups in total. The smallest absolute Gasteiger partial charge is 0.360 e. The third kappa shape index (κ3) is 5.46. The molecule has 0 bridgehead atoms. The van der Waals surface area contributed by atoms with Crippen LogP contribution in [0.5, 0.6) is 0 Å². The fourth-order valence-corrected chi connectivity index (χ4v) is 2.60. The van der Waals surface area contributed by atoms with Crippen LogP contribution in [0.3, 0.4) is 0 Å². The molecule has 144 valence electrons. The molecule has 0 spiro atoms. The number of rotatable bonds is 5. The van der Waals surface area contributed by atoms with Crippen LogP contribution in [0.4, 0.5) is 19.0 Å². The van der Waals surface area contributed by atoms with Crippen molar-refractivity contribution in [3.8, 4) is 0 Å². The van der Waals surface area contributed by atoms with E-state index in [9.17, 15) is 27.6 Å². The van der Waals surface area contributed by atoms with Gasteiger partial charge in [-0.05, 0) is 19.8 Å². The Morgan fingerprint density at radius 1 is 1.31 bits per heavy atom. The summed E-state index contributed by atoms with van der Waals surface area (Å²) in [4.78, 5) is 35.6. The van der Waals surface area contributed by atoms with Gasteiger partial charge >= 0.3 is 12.1 Å². The van der Waals surface area contributed by atoms with E-state index in [1.165, 1.54) is 0 Å². The van der Waals surface area contributed by atoms with Gasteiger partial charge in [0.1, 0.15) is 5.76 Å². The maximum Gasteiger partial charge on any atom is 0.471 e. The van der Waals surface area contributed by atoms with E-state index in [0.717, 1.165) is 0 Å². The molecule has 1 aliphatic heterocycles. The summed E-state index contributed by atoms with van der Waals surface area (Å²) >= 11 is 0. The molecule has 1 aliphatic rings. The van der Waals surface area contributed by atoms with Crippen molar-refractivity contribution in [3.63, 3.8) is 0 Å². The third-order valence-electron chi connectivity index (χ3n) is 3.94. The highest BCUT2D eigenvalue weighted by Crippen LogP contribution is 2.23. The second-order valence-corrected chi connectivity index (χ2v) is 5.98. The molecule has 26 heavy (non-hydrogen) atoms. The lowest BCUT2D eigenvalue weighted by atomic mass is 9.96. The number of carbonyl (C=O) groups is 3. The molecular formula is C15H19F3N4O4. The van der Waals surface area contributed by atoms with Gasteiger partial charge in [0.2, 0.25) is 11.8 Å². The highest BCUT2D eigenvalue weighted by Gasteiger charge is 2.43. The number of aromatic nitrogens is 1. The normalized spacial score (nSPS) is 15.6. The van der Waals surface area contributed by atoms with Crippen LogP contribution in [-0.2, 0) is 14.4 Å². The number of likely N-dealkylation sites (tertiary alicyclic amines) is 1. The van der Waals surface area contributed by atoms with Gasteiger partial charge in [-0.1, -0.05) is 5.16 Å². The Kier molecular flexibility index (Phi) is 6.22. The van der Waals surface area contributed by atoms with Crippen molar-refractivity contribution in [2.24, 2.45) is 5.92 Å². The van der Waals surface area contributed by atoms with Crippen LogP contribution in [0.15, 0.2) is 10.6 Å². The maximum atomic E-state index is 12.4. The monoisotopic (exact) mass is 376 g/mol. The number of piperidine rings is 1. The van der Waals surface area contributed by atoms with Crippen molar-refractivity contribution >= 4 is 23.5 Å². The van der Waals surface area contributed by atoms with Gasteiger partial charge in [-0.15, -0.1) is 0 Å². The van der Waals surface area contributed by atoms with Crippen molar-refractivity contribution in [1.82, 2.24) is 15.4 Å². The molecule has 0 aliphatic carbocycles. The molecule has 1 saturated heterocycles. The van der Waals surface area contributed by atoms with Crippen molar-refractivity contribution in [2.75, 3.05) is 25.0 Å². The second-order valence-electron chi connectivity index (χ2n) is 5.98. The molecule has 1 aromatic rings. The second kappa shape index (κ2) is 8.19. The SMILES string of the molecule is Cc1cc(NC(=O)CCNC(=O)C2CCN(C(=O)C(F)(F)F)CC2)no1. The number of hydrogen-bond acceptors (Lipinski definition) is 5. The molecule has 11 heteroatoms. The average Bonchev–Trinajstić information content (AvgIpc) is 2.98. The number of nitrogens with one attached hydrogen (secondary N) is 2. The van der Waals surface area contributed by atoms with Crippen LogP contribution in [0.2, 0.25) is 0 Å². The van der Waals surface area contributed by atoms with Crippen molar-refractivity contribution in [1.29, 1.82) is 0 Å². The Morgan fingerprint density at radius 3 is 2.50 bits per heavy atom. The van der Waals surface area contributed by atoms with E-state index >= 15 is 0 Å². The Balaban J connectivity index is 1.67. The summed E-state index contributed by atoms with van der Waals surface area (Å²) in [5.41, 5.74) is 0. The first-order valence-electron chi connectivity index (χ1n) is 8.04. The molecule has 8 nitrogen and oxygen atoms in total. The van der Waals surface area contributed by atoms with Crippen LogP contribution < -0.4 is 10.6 Å². The summed E-state index contributed by atoms with van der Waals surface area (Å²) in [5, 5.41) is 8.69. The highest BCUT2D eigenvalue weighted by atomic mass is 19.4. The summed E-state index contributed by atoms with van der Waals surface area (Å²) in [5.74, 6) is -2.23. The van der Waals surface area contributed by atoms with E-state index in [1.807, 2.05) is 0 Å².